The molecule has 0 rings (SSSR count). The second kappa shape index (κ2) is 172. The molecule has 48 valence electrons. The summed E-state index contributed by atoms with van der Waals surface area (Å²) in [5, 5.41) is 0. The third-order valence-corrected chi connectivity index (χ3v) is 0. The van der Waals surface area contributed by atoms with Crippen molar-refractivity contribution in [1.82, 2.24) is 0 Å². The van der Waals surface area contributed by atoms with Crippen molar-refractivity contribution < 1.29 is 38.4 Å². The van der Waals surface area contributed by atoms with E-state index in [1.807, 2.05) is 0 Å². The van der Waals surface area contributed by atoms with E-state index < -0.39 is 0 Å². The summed E-state index contributed by atoms with van der Waals surface area (Å²) in [7, 11) is 0. The Labute approximate surface area is 66.0 Å². The van der Waals surface area contributed by atoms with Gasteiger partial charge in [0.05, 0.1) is 0 Å². The van der Waals surface area contributed by atoms with Crippen molar-refractivity contribution in [3.05, 3.63) is 0 Å². The molecule has 0 saturated heterocycles. The summed E-state index contributed by atoms with van der Waals surface area (Å²) in [4.78, 5) is 0. The van der Waals surface area contributed by atoms with Crippen LogP contribution in [0.25, 0.3) is 0 Å². The second-order valence-electron chi connectivity index (χ2n) is 0. The summed E-state index contributed by atoms with van der Waals surface area (Å²) < 4.78 is 0. The van der Waals surface area contributed by atoms with Crippen LogP contribution in [0.15, 0.2) is 0 Å². The van der Waals surface area contributed by atoms with E-state index in [0.29, 0.717) is 0 Å². The van der Waals surface area contributed by atoms with Gasteiger partial charge in [-0.05, 0) is 0 Å². The standard InChI is InChI=1S/Al.Ni.2H2O.2O.H3P/h;;2*1H2;;;1H3/q+3;+2;;;2*-2;/p-1. The van der Waals surface area contributed by atoms with Gasteiger partial charge in [0.15, 0.2) is 0 Å². The van der Waals surface area contributed by atoms with E-state index >= 15 is 0 Å². The fourth-order valence-corrected chi connectivity index (χ4v) is 0. The van der Waals surface area contributed by atoms with Crippen LogP contribution in [-0.2, 0) is 27.4 Å². The molecule has 0 aliphatic carbocycles. The number of rotatable bonds is 0. The fraction of sp³-hybridized carbons (Fsp3) is 0. The van der Waals surface area contributed by atoms with Crippen LogP contribution in [0.4, 0.5) is 0 Å². The van der Waals surface area contributed by atoms with Crippen LogP contribution in [0.2, 0.25) is 0 Å². The molecule has 7 heteroatoms. The molecule has 0 aromatic carbocycles. The van der Waals surface area contributed by atoms with Gasteiger partial charge in [0.25, 0.3) is 0 Å². The first kappa shape index (κ1) is 263. The Kier molecular flexibility index (Phi) is 6470. The van der Waals surface area contributed by atoms with Crippen LogP contribution < -0.4 is 0 Å². The van der Waals surface area contributed by atoms with Crippen LogP contribution >= 0.6 is 9.90 Å². The Morgan fingerprint density at radius 1 is 0.857 bits per heavy atom. The van der Waals surface area contributed by atoms with Crippen molar-refractivity contribution in [2.24, 2.45) is 0 Å². The first-order chi connectivity index (χ1) is 0. The predicted octanol–water partition coefficient (Wildman–Crippen LogP) is -1.56. The van der Waals surface area contributed by atoms with Crippen molar-refractivity contribution in [1.29, 1.82) is 0 Å². The average molecular weight is 187 g/mol. The van der Waals surface area contributed by atoms with E-state index in [2.05, 4.69) is 0 Å². The van der Waals surface area contributed by atoms with E-state index in [9.17, 15) is 0 Å². The van der Waals surface area contributed by atoms with E-state index in [0.717, 1.165) is 0 Å². The Morgan fingerprint density at radius 3 is 0.857 bits per heavy atom. The Balaban J connectivity index is 0. The maximum atomic E-state index is 0. The molecule has 0 aromatic rings. The molecule has 7 heavy (non-hydrogen) atoms. The molecule has 1 atom stereocenters. The molecule has 0 aliphatic rings. The van der Waals surface area contributed by atoms with Crippen LogP contribution in [0.1, 0.15) is 0 Å². The van der Waals surface area contributed by atoms with Gasteiger partial charge in [-0.2, -0.15) is 9.90 Å². The molecular formula is H6AlNiO4P. The van der Waals surface area contributed by atoms with E-state index in [1.165, 1.54) is 0 Å². The zero-order valence-electron chi connectivity index (χ0n) is 3.36. The summed E-state index contributed by atoms with van der Waals surface area (Å²) in [6.07, 6.45) is 0. The monoisotopic (exact) mass is 186 g/mol. The first-order valence-corrected chi connectivity index (χ1v) is 0. The molecule has 4 nitrogen and oxygen atoms in total. The predicted molar refractivity (Wildman–Crippen MR) is 23.8 cm³/mol. The van der Waals surface area contributed by atoms with Gasteiger partial charge in [-0.3, -0.25) is 0 Å². The SMILES string of the molecule is O.P.[Al+3].[Ni+2].[O-2].[O-2].[OH-]. The topological polar surface area (TPSA) is 118 Å². The largest absolute Gasteiger partial charge is 3.00 e. The first-order valence-electron chi connectivity index (χ1n) is 0. The van der Waals surface area contributed by atoms with Gasteiger partial charge in [0, 0.05) is 0 Å². The molecule has 0 bridgehead atoms. The summed E-state index contributed by atoms with van der Waals surface area (Å²) in [6, 6.07) is 0. The number of hydrogen-bond donors (Lipinski definition) is 0. The molecule has 0 aliphatic heterocycles. The molecule has 0 amide bonds. The fourth-order valence-electron chi connectivity index (χ4n) is 0. The summed E-state index contributed by atoms with van der Waals surface area (Å²) in [5.41, 5.74) is 0. The maximum absolute atomic E-state index is 0. The smallest absolute Gasteiger partial charge is 2.00 e. The van der Waals surface area contributed by atoms with Crippen molar-refractivity contribution in [3.63, 3.8) is 0 Å². The van der Waals surface area contributed by atoms with Gasteiger partial charge in [-0.15, -0.1) is 0 Å². The van der Waals surface area contributed by atoms with Crippen LogP contribution in [-0.4, -0.2) is 28.3 Å². The molecule has 0 aromatic heterocycles. The minimum Gasteiger partial charge on any atom is -2.00 e. The zero-order valence-corrected chi connectivity index (χ0v) is 6.92. The van der Waals surface area contributed by atoms with Gasteiger partial charge in [-0.1, -0.05) is 0 Å². The third kappa shape index (κ3) is 122. The van der Waals surface area contributed by atoms with E-state index in [4.69, 9.17) is 0 Å². The molecule has 0 heterocycles. The minimum atomic E-state index is 0. The molecule has 0 radical (unpaired) electrons. The molecular weight excluding hydrogens is 181 g/mol. The molecule has 0 fully saturated rings. The normalized spacial score (nSPS) is 0. The quantitative estimate of drug-likeness (QED) is 0.330. The van der Waals surface area contributed by atoms with Gasteiger partial charge in [0.2, 0.25) is 0 Å². The molecule has 0 saturated carbocycles. The van der Waals surface area contributed by atoms with Crippen molar-refractivity contribution in [2.75, 3.05) is 0 Å². The molecule has 1 unspecified atom stereocenters. The van der Waals surface area contributed by atoms with Gasteiger partial charge in [0.1, 0.15) is 0 Å². The van der Waals surface area contributed by atoms with Crippen molar-refractivity contribution in [2.45, 2.75) is 0 Å². The van der Waals surface area contributed by atoms with Gasteiger partial charge in [-0.25, -0.2) is 0 Å². The molecule has 3 N–H and O–H groups in total. The van der Waals surface area contributed by atoms with Crippen LogP contribution in [0.5, 0.6) is 0 Å². The summed E-state index contributed by atoms with van der Waals surface area (Å²) in [5.74, 6) is 0. The Morgan fingerprint density at radius 2 is 0.857 bits per heavy atom. The van der Waals surface area contributed by atoms with E-state index in [-0.39, 0.29) is 65.7 Å². The third-order valence-electron chi connectivity index (χ3n) is 0. The Bertz CT molecular complexity index is 11.7. The summed E-state index contributed by atoms with van der Waals surface area (Å²) >= 11 is 0. The second-order valence-corrected chi connectivity index (χ2v) is 0. The minimum absolute atomic E-state index is 0. The van der Waals surface area contributed by atoms with Crippen molar-refractivity contribution >= 4 is 27.3 Å². The summed E-state index contributed by atoms with van der Waals surface area (Å²) in [6.45, 7) is 0. The zero-order chi connectivity index (χ0) is 0. The average Bonchev–Trinajstić information content (AvgIpc) is 0. The van der Waals surface area contributed by atoms with Crippen LogP contribution in [0, 0.1) is 0 Å². The van der Waals surface area contributed by atoms with Gasteiger partial charge < -0.3 is 21.9 Å². The molecule has 0 spiro atoms. The Hall–Kier alpha value is 1.30. The maximum Gasteiger partial charge on any atom is 3.00 e. The van der Waals surface area contributed by atoms with Crippen LogP contribution in [0.3, 0.4) is 0 Å². The van der Waals surface area contributed by atoms with Gasteiger partial charge >= 0.3 is 33.9 Å². The number of hydrogen-bond acceptors (Lipinski definition) is 1. The van der Waals surface area contributed by atoms with E-state index in [1.54, 1.807) is 0 Å². The van der Waals surface area contributed by atoms with Crippen molar-refractivity contribution in [3.8, 4) is 0 Å².